The molecule has 0 fully saturated rings. The number of carbonyl (C=O) groups excluding carboxylic acids is 1. The summed E-state index contributed by atoms with van der Waals surface area (Å²) in [5.41, 5.74) is 6.86. The lowest BCUT2D eigenvalue weighted by Crippen LogP contribution is -2.32. The van der Waals surface area contributed by atoms with Crippen LogP contribution in [-0.2, 0) is 4.79 Å². The van der Waals surface area contributed by atoms with Crippen molar-refractivity contribution in [2.24, 2.45) is 0 Å². The zero-order valence-corrected chi connectivity index (χ0v) is 22.5. The third-order valence-electron chi connectivity index (χ3n) is 5.97. The highest BCUT2D eigenvalue weighted by molar-refractivity contribution is 5.96. The largest absolute Gasteiger partial charge is 0.497 e. The van der Waals surface area contributed by atoms with E-state index in [4.69, 9.17) is 4.74 Å². The molecule has 38 heavy (non-hydrogen) atoms. The maximum atomic E-state index is 12.9. The van der Waals surface area contributed by atoms with Crippen LogP contribution in [0.3, 0.4) is 0 Å². The van der Waals surface area contributed by atoms with E-state index in [9.17, 15) is 4.79 Å². The Balaban J connectivity index is 1.59. The number of aromatic nitrogens is 3. The van der Waals surface area contributed by atoms with Gasteiger partial charge in [-0.15, -0.1) is 0 Å². The quantitative estimate of drug-likeness (QED) is 0.215. The maximum absolute atomic E-state index is 12.9. The number of amides is 1. The van der Waals surface area contributed by atoms with Gasteiger partial charge in [-0.3, -0.25) is 4.79 Å². The van der Waals surface area contributed by atoms with E-state index in [1.165, 1.54) is 11.1 Å². The van der Waals surface area contributed by atoms with Crippen LogP contribution in [-0.4, -0.2) is 34.0 Å². The molecule has 0 radical (unpaired) electrons. The first-order chi connectivity index (χ1) is 18.2. The number of aryl methyl sites for hydroxylation is 4. The number of ether oxygens (including phenoxy) is 1. The van der Waals surface area contributed by atoms with Gasteiger partial charge in [-0.2, -0.15) is 15.0 Å². The molecule has 9 heteroatoms. The first-order valence-electron chi connectivity index (χ1n) is 12.4. The molecule has 0 bridgehead atoms. The normalized spacial score (nSPS) is 11.4. The Morgan fingerprint density at radius 1 is 0.763 bits per heavy atom. The van der Waals surface area contributed by atoms with Gasteiger partial charge in [0, 0.05) is 23.1 Å². The van der Waals surface area contributed by atoms with Crippen molar-refractivity contribution in [2.45, 2.75) is 40.7 Å². The van der Waals surface area contributed by atoms with Crippen LogP contribution in [0.1, 0.15) is 29.2 Å². The molecule has 0 spiro atoms. The van der Waals surface area contributed by atoms with E-state index in [0.29, 0.717) is 23.3 Å². The van der Waals surface area contributed by atoms with Crippen molar-refractivity contribution in [3.63, 3.8) is 0 Å². The van der Waals surface area contributed by atoms with E-state index in [2.05, 4.69) is 48.4 Å². The van der Waals surface area contributed by atoms with Crippen molar-refractivity contribution in [3.8, 4) is 5.75 Å². The second-order valence-electron chi connectivity index (χ2n) is 9.28. The van der Waals surface area contributed by atoms with Crippen LogP contribution in [0.25, 0.3) is 0 Å². The van der Waals surface area contributed by atoms with Crippen molar-refractivity contribution >= 4 is 40.8 Å². The molecule has 1 heterocycles. The van der Waals surface area contributed by atoms with E-state index in [1.54, 1.807) is 26.2 Å². The molecular formula is C29H33N7O2. The Morgan fingerprint density at radius 3 is 1.84 bits per heavy atom. The van der Waals surface area contributed by atoms with E-state index in [1.807, 2.05) is 64.1 Å². The number of nitrogens with one attached hydrogen (secondary N) is 4. The molecule has 1 atom stereocenters. The SMILES string of the molecule is COc1cccc(NC(=O)[C@H](C)Nc2nc(Nc3ccc(C)cc3C)nc(Nc3ccc(C)cc3C)n2)c1. The molecule has 0 aliphatic carbocycles. The summed E-state index contributed by atoms with van der Waals surface area (Å²) in [7, 11) is 1.58. The fraction of sp³-hybridized carbons (Fsp3) is 0.241. The third kappa shape index (κ3) is 6.76. The molecule has 1 amide bonds. The summed E-state index contributed by atoms with van der Waals surface area (Å²) in [6, 6.07) is 18.7. The Kier molecular flexibility index (Phi) is 8.06. The minimum Gasteiger partial charge on any atom is -0.497 e. The predicted octanol–water partition coefficient (Wildman–Crippen LogP) is 6.04. The summed E-state index contributed by atoms with van der Waals surface area (Å²) in [6.45, 7) is 9.88. The number of nitrogens with zero attached hydrogens (tertiary/aromatic N) is 3. The summed E-state index contributed by atoms with van der Waals surface area (Å²) in [5, 5.41) is 12.6. The van der Waals surface area contributed by atoms with Crippen LogP contribution in [0.5, 0.6) is 5.75 Å². The molecule has 4 N–H and O–H groups in total. The molecule has 1 aromatic heterocycles. The first-order valence-corrected chi connectivity index (χ1v) is 12.4. The Hall–Kier alpha value is -4.66. The highest BCUT2D eigenvalue weighted by Crippen LogP contribution is 2.24. The molecule has 196 valence electrons. The van der Waals surface area contributed by atoms with Crippen LogP contribution in [0, 0.1) is 27.7 Å². The zero-order chi connectivity index (χ0) is 27.2. The third-order valence-corrected chi connectivity index (χ3v) is 5.97. The number of hydrogen-bond donors (Lipinski definition) is 4. The van der Waals surface area contributed by atoms with Gasteiger partial charge in [0.25, 0.3) is 0 Å². The van der Waals surface area contributed by atoms with Crippen LogP contribution >= 0.6 is 0 Å². The Bertz CT molecular complexity index is 1380. The van der Waals surface area contributed by atoms with Gasteiger partial charge in [0.15, 0.2) is 0 Å². The highest BCUT2D eigenvalue weighted by atomic mass is 16.5. The van der Waals surface area contributed by atoms with Crippen LogP contribution < -0.4 is 26.0 Å². The minimum absolute atomic E-state index is 0.244. The second kappa shape index (κ2) is 11.6. The Labute approximate surface area is 223 Å². The standard InChI is InChI=1S/C29H33N7O2/c1-17-10-12-24(19(3)14-17)32-28-34-27(35-29(36-28)33-25-13-11-18(2)15-20(25)4)30-21(5)26(37)31-22-8-7-9-23(16-22)38-6/h7-16,21H,1-6H3,(H,31,37)(H3,30,32,33,34,35,36)/t21-/m0/s1. The van der Waals surface area contributed by atoms with Crippen molar-refractivity contribution in [1.29, 1.82) is 0 Å². The summed E-state index contributed by atoms with van der Waals surface area (Å²) in [5.74, 6) is 1.37. The van der Waals surface area contributed by atoms with Gasteiger partial charge in [0.2, 0.25) is 23.8 Å². The van der Waals surface area contributed by atoms with Crippen LogP contribution in [0.15, 0.2) is 60.7 Å². The molecule has 0 aliphatic rings. The van der Waals surface area contributed by atoms with E-state index < -0.39 is 6.04 Å². The lowest BCUT2D eigenvalue weighted by atomic mass is 10.1. The van der Waals surface area contributed by atoms with E-state index >= 15 is 0 Å². The first kappa shape index (κ1) is 26.4. The van der Waals surface area contributed by atoms with Gasteiger partial charge >= 0.3 is 0 Å². The topological polar surface area (TPSA) is 113 Å². The molecule has 0 saturated heterocycles. The average molecular weight is 512 g/mol. The monoisotopic (exact) mass is 511 g/mol. The molecule has 0 unspecified atom stereocenters. The van der Waals surface area contributed by atoms with E-state index in [0.717, 1.165) is 22.5 Å². The lowest BCUT2D eigenvalue weighted by Gasteiger charge is -2.17. The number of rotatable bonds is 9. The number of methoxy groups -OCH3 is 1. The number of carbonyl (C=O) groups is 1. The number of hydrogen-bond acceptors (Lipinski definition) is 8. The molecule has 0 saturated carbocycles. The number of benzene rings is 3. The summed E-state index contributed by atoms with van der Waals surface area (Å²) < 4.78 is 5.24. The van der Waals surface area contributed by atoms with Gasteiger partial charge < -0.3 is 26.0 Å². The molecular weight excluding hydrogens is 478 g/mol. The fourth-order valence-electron chi connectivity index (χ4n) is 3.91. The van der Waals surface area contributed by atoms with Crippen molar-refractivity contribution in [2.75, 3.05) is 28.4 Å². The van der Waals surface area contributed by atoms with Gasteiger partial charge in [-0.25, -0.2) is 0 Å². The molecule has 9 nitrogen and oxygen atoms in total. The molecule has 4 rings (SSSR count). The van der Waals surface area contributed by atoms with Crippen molar-refractivity contribution in [1.82, 2.24) is 15.0 Å². The van der Waals surface area contributed by atoms with Crippen LogP contribution in [0.2, 0.25) is 0 Å². The second-order valence-corrected chi connectivity index (χ2v) is 9.28. The maximum Gasteiger partial charge on any atom is 0.246 e. The summed E-state index contributed by atoms with van der Waals surface area (Å²) in [4.78, 5) is 26.6. The fourth-order valence-corrected chi connectivity index (χ4v) is 3.91. The van der Waals surface area contributed by atoms with E-state index in [-0.39, 0.29) is 11.9 Å². The number of anilines is 6. The molecule has 3 aromatic carbocycles. The van der Waals surface area contributed by atoms with Gasteiger partial charge in [-0.05, 0) is 70.0 Å². The van der Waals surface area contributed by atoms with Crippen LogP contribution in [0.4, 0.5) is 34.9 Å². The lowest BCUT2D eigenvalue weighted by molar-refractivity contribution is -0.116. The highest BCUT2D eigenvalue weighted by Gasteiger charge is 2.17. The zero-order valence-electron chi connectivity index (χ0n) is 22.5. The van der Waals surface area contributed by atoms with Gasteiger partial charge in [0.1, 0.15) is 11.8 Å². The summed E-state index contributed by atoms with van der Waals surface area (Å²) in [6.07, 6.45) is 0. The Morgan fingerprint density at radius 2 is 1.32 bits per heavy atom. The van der Waals surface area contributed by atoms with Gasteiger partial charge in [0.05, 0.1) is 7.11 Å². The molecule has 4 aromatic rings. The van der Waals surface area contributed by atoms with Gasteiger partial charge in [-0.1, -0.05) is 41.5 Å². The smallest absolute Gasteiger partial charge is 0.246 e. The predicted molar refractivity (Wildman–Crippen MR) is 153 cm³/mol. The van der Waals surface area contributed by atoms with Crippen molar-refractivity contribution < 1.29 is 9.53 Å². The minimum atomic E-state index is -0.633. The molecule has 0 aliphatic heterocycles. The summed E-state index contributed by atoms with van der Waals surface area (Å²) >= 11 is 0. The van der Waals surface area contributed by atoms with Crippen molar-refractivity contribution in [3.05, 3.63) is 82.9 Å². The average Bonchev–Trinajstić information content (AvgIpc) is 2.87.